The Morgan fingerprint density at radius 1 is 1.67 bits per heavy atom. The maximum absolute atomic E-state index is 5.19. The molecule has 1 rings (SSSR count). The van der Waals surface area contributed by atoms with Gasteiger partial charge in [0.2, 0.25) is 0 Å². The van der Waals surface area contributed by atoms with Crippen LogP contribution in [0.5, 0.6) is 5.06 Å². The first-order valence-corrected chi connectivity index (χ1v) is 4.59. The van der Waals surface area contributed by atoms with Crippen molar-refractivity contribution in [1.82, 2.24) is 0 Å². The number of rotatable bonds is 2. The fourth-order valence-corrected chi connectivity index (χ4v) is 1.58. The van der Waals surface area contributed by atoms with E-state index in [-0.39, 0.29) is 24.0 Å². The van der Waals surface area contributed by atoms with Crippen LogP contribution in [-0.4, -0.2) is 6.66 Å². The predicted molar refractivity (Wildman–Crippen MR) is 54.6 cm³/mol. The predicted octanol–water partition coefficient (Wildman–Crippen LogP) is 2.97. The molecule has 1 aromatic heterocycles. The summed E-state index contributed by atoms with van der Waals surface area (Å²) >= 11 is 1.63. The second-order valence-corrected chi connectivity index (χ2v) is 2.76. The lowest BCUT2D eigenvalue weighted by atomic mass is 10.7. The third-order valence-corrected chi connectivity index (χ3v) is 2.01. The SMILES string of the molecule is CPOc1cccs1.I. The maximum Gasteiger partial charge on any atom is 0.176 e. The third kappa shape index (κ3) is 3.38. The molecule has 0 radical (unpaired) electrons. The lowest BCUT2D eigenvalue weighted by Crippen LogP contribution is -1.66. The zero-order chi connectivity index (χ0) is 5.82. The van der Waals surface area contributed by atoms with Gasteiger partial charge in [-0.15, -0.1) is 35.3 Å². The minimum absolute atomic E-state index is 0. The molecule has 0 amide bonds. The fraction of sp³-hybridized carbons (Fsp3) is 0.200. The van der Waals surface area contributed by atoms with Gasteiger partial charge in [0.25, 0.3) is 0 Å². The van der Waals surface area contributed by atoms with Crippen molar-refractivity contribution in [2.75, 3.05) is 6.66 Å². The van der Waals surface area contributed by atoms with Gasteiger partial charge in [-0.3, -0.25) is 0 Å². The first kappa shape index (κ1) is 9.66. The minimum atomic E-state index is 0. The van der Waals surface area contributed by atoms with E-state index >= 15 is 0 Å². The molecule has 0 bridgehead atoms. The third-order valence-electron chi connectivity index (χ3n) is 0.698. The summed E-state index contributed by atoms with van der Waals surface area (Å²) in [5.74, 6) is 0. The van der Waals surface area contributed by atoms with E-state index in [1.807, 2.05) is 24.2 Å². The van der Waals surface area contributed by atoms with E-state index in [9.17, 15) is 0 Å². The van der Waals surface area contributed by atoms with Gasteiger partial charge in [-0.1, -0.05) is 0 Å². The molecule has 0 N–H and O–H groups in total. The zero-order valence-electron chi connectivity index (χ0n) is 4.96. The summed E-state index contributed by atoms with van der Waals surface area (Å²) in [7, 11) is 0.563. The number of hydrogen-bond acceptors (Lipinski definition) is 2. The average Bonchev–Trinajstić information content (AvgIpc) is 2.19. The molecule has 1 atom stereocenters. The van der Waals surface area contributed by atoms with Crippen molar-refractivity contribution in [2.24, 2.45) is 0 Å². The van der Waals surface area contributed by atoms with Crippen LogP contribution in [0.2, 0.25) is 0 Å². The van der Waals surface area contributed by atoms with Gasteiger partial charge in [0.15, 0.2) is 5.06 Å². The summed E-state index contributed by atoms with van der Waals surface area (Å²) in [4.78, 5) is 0. The molecule has 0 aromatic carbocycles. The van der Waals surface area contributed by atoms with Gasteiger partial charge in [-0.2, -0.15) is 0 Å². The molecule has 0 spiro atoms. The number of halogens is 1. The molecule has 9 heavy (non-hydrogen) atoms. The Balaban J connectivity index is 0.000000640. The number of hydrogen-bond donors (Lipinski definition) is 0. The molecule has 1 nitrogen and oxygen atoms in total. The Labute approximate surface area is 77.7 Å². The normalized spacial score (nSPS) is 9.44. The second-order valence-electron chi connectivity index (χ2n) is 1.24. The molecule has 0 saturated heterocycles. The van der Waals surface area contributed by atoms with Crippen molar-refractivity contribution in [3.63, 3.8) is 0 Å². The summed E-state index contributed by atoms with van der Waals surface area (Å²) in [6.45, 7) is 2.01. The van der Waals surface area contributed by atoms with E-state index < -0.39 is 0 Å². The first-order valence-electron chi connectivity index (χ1n) is 2.30. The molecule has 4 heteroatoms. The second kappa shape index (κ2) is 5.45. The summed E-state index contributed by atoms with van der Waals surface area (Å²) < 4.78 is 5.19. The van der Waals surface area contributed by atoms with Crippen molar-refractivity contribution < 1.29 is 4.52 Å². The van der Waals surface area contributed by atoms with E-state index in [1.54, 1.807) is 11.3 Å². The molecule has 1 aromatic rings. The Morgan fingerprint density at radius 3 is 2.89 bits per heavy atom. The molecule has 0 saturated carbocycles. The summed E-state index contributed by atoms with van der Waals surface area (Å²) in [6, 6.07) is 3.96. The summed E-state index contributed by atoms with van der Waals surface area (Å²) in [5.41, 5.74) is 0. The van der Waals surface area contributed by atoms with Gasteiger partial charge in [0, 0.05) is 0 Å². The van der Waals surface area contributed by atoms with Gasteiger partial charge in [-0.25, -0.2) is 0 Å². The van der Waals surface area contributed by atoms with Crippen LogP contribution in [0.4, 0.5) is 0 Å². The van der Waals surface area contributed by atoms with Crippen molar-refractivity contribution in [3.8, 4) is 5.06 Å². The maximum atomic E-state index is 5.19. The van der Waals surface area contributed by atoms with Crippen LogP contribution in [0.1, 0.15) is 0 Å². The highest BCUT2D eigenvalue weighted by Crippen LogP contribution is 2.23. The lowest BCUT2D eigenvalue weighted by Gasteiger charge is -1.93. The standard InChI is InChI=1S/C5H7OPS.HI/c1-7-6-5-3-2-4-8-5;/h2-4,7H,1H3;1H. The molecule has 0 aliphatic carbocycles. The minimum Gasteiger partial charge on any atom is -0.467 e. The van der Waals surface area contributed by atoms with E-state index in [2.05, 4.69) is 0 Å². The molecule has 1 heterocycles. The topological polar surface area (TPSA) is 9.23 Å². The molecule has 52 valence electrons. The first-order chi connectivity index (χ1) is 3.93. The van der Waals surface area contributed by atoms with Crippen LogP contribution in [-0.2, 0) is 0 Å². The van der Waals surface area contributed by atoms with E-state index in [0.717, 1.165) is 5.06 Å². The van der Waals surface area contributed by atoms with Crippen LogP contribution >= 0.6 is 44.1 Å². The quantitative estimate of drug-likeness (QED) is 0.595. The Kier molecular flexibility index (Phi) is 5.84. The lowest BCUT2D eigenvalue weighted by molar-refractivity contribution is 0.655. The molecule has 1 unspecified atom stereocenters. The van der Waals surface area contributed by atoms with Crippen LogP contribution in [0.3, 0.4) is 0 Å². The highest BCUT2D eigenvalue weighted by Gasteiger charge is 1.86. The van der Waals surface area contributed by atoms with Crippen LogP contribution in [0, 0.1) is 0 Å². The Bertz CT molecular complexity index is 143. The van der Waals surface area contributed by atoms with E-state index in [4.69, 9.17) is 4.52 Å². The van der Waals surface area contributed by atoms with Gasteiger partial charge in [0.05, 0.1) is 8.81 Å². The smallest absolute Gasteiger partial charge is 0.176 e. The monoisotopic (exact) mass is 274 g/mol. The van der Waals surface area contributed by atoms with Crippen LogP contribution in [0.15, 0.2) is 17.5 Å². The van der Waals surface area contributed by atoms with E-state index in [0.29, 0.717) is 8.81 Å². The van der Waals surface area contributed by atoms with Crippen molar-refractivity contribution in [3.05, 3.63) is 17.5 Å². The van der Waals surface area contributed by atoms with Gasteiger partial charge in [0.1, 0.15) is 0 Å². The van der Waals surface area contributed by atoms with Crippen molar-refractivity contribution in [1.29, 1.82) is 0 Å². The molecular weight excluding hydrogens is 266 g/mol. The molecule has 0 aliphatic rings. The number of thiophene rings is 1. The average molecular weight is 274 g/mol. The molecular formula is C5H8IOPS. The summed E-state index contributed by atoms with van der Waals surface area (Å²) in [6.07, 6.45) is 0. The van der Waals surface area contributed by atoms with Crippen LogP contribution in [0.25, 0.3) is 0 Å². The van der Waals surface area contributed by atoms with Crippen molar-refractivity contribution >= 4 is 44.1 Å². The van der Waals surface area contributed by atoms with Gasteiger partial charge in [-0.05, 0) is 24.2 Å². The highest BCUT2D eigenvalue weighted by atomic mass is 127. The van der Waals surface area contributed by atoms with Gasteiger partial charge >= 0.3 is 0 Å². The Morgan fingerprint density at radius 2 is 2.44 bits per heavy atom. The zero-order valence-corrected chi connectivity index (χ0v) is 9.10. The highest BCUT2D eigenvalue weighted by molar-refractivity contribution is 14.0. The van der Waals surface area contributed by atoms with Gasteiger partial charge < -0.3 is 4.52 Å². The van der Waals surface area contributed by atoms with E-state index in [1.165, 1.54) is 0 Å². The fourth-order valence-electron chi connectivity index (χ4n) is 0.422. The molecule has 0 fully saturated rings. The largest absolute Gasteiger partial charge is 0.467 e. The molecule has 0 aliphatic heterocycles. The Hall–Kier alpha value is 0.660. The van der Waals surface area contributed by atoms with Crippen LogP contribution < -0.4 is 4.52 Å². The summed E-state index contributed by atoms with van der Waals surface area (Å²) in [5, 5.41) is 3.03. The van der Waals surface area contributed by atoms with Crippen molar-refractivity contribution in [2.45, 2.75) is 0 Å².